The molecule has 0 aliphatic heterocycles. The van der Waals surface area contributed by atoms with E-state index < -0.39 is 0 Å². The molecule has 0 atom stereocenters. The van der Waals surface area contributed by atoms with E-state index in [1.165, 1.54) is 18.2 Å². The second-order valence-corrected chi connectivity index (χ2v) is 6.74. The molecule has 0 bridgehead atoms. The molecule has 1 amide bonds. The third-order valence-electron chi connectivity index (χ3n) is 4.66. The van der Waals surface area contributed by atoms with E-state index in [1.807, 2.05) is 48.7 Å². The summed E-state index contributed by atoms with van der Waals surface area (Å²) < 4.78 is 20.4. The lowest BCUT2D eigenvalue weighted by Gasteiger charge is -2.07. The molecule has 6 heteroatoms. The largest absolute Gasteiger partial charge is 0.495 e. The van der Waals surface area contributed by atoms with Crippen molar-refractivity contribution in [2.75, 3.05) is 12.4 Å². The Kier molecular flexibility index (Phi) is 5.89. The minimum Gasteiger partial charge on any atom is -0.495 e. The monoisotopic (exact) mass is 413 g/mol. The van der Waals surface area contributed by atoms with Gasteiger partial charge in [0.1, 0.15) is 11.6 Å². The molecule has 1 N–H and O–H groups in total. The second kappa shape index (κ2) is 9.09. The van der Waals surface area contributed by atoms with Crippen LogP contribution in [-0.4, -0.2) is 22.8 Å². The number of para-hydroxylation sites is 3. The maximum absolute atomic E-state index is 13.4. The number of ether oxygens (including phenoxy) is 1. The zero-order valence-electron chi connectivity index (χ0n) is 16.8. The zero-order valence-corrected chi connectivity index (χ0v) is 16.8. The van der Waals surface area contributed by atoms with Crippen molar-refractivity contribution in [2.24, 2.45) is 0 Å². The van der Waals surface area contributed by atoms with Gasteiger partial charge in [0.25, 0.3) is 0 Å². The smallest absolute Gasteiger partial charge is 0.248 e. The molecule has 0 fully saturated rings. The van der Waals surface area contributed by atoms with Crippen LogP contribution in [0.25, 0.3) is 23.0 Å². The fourth-order valence-electron chi connectivity index (χ4n) is 3.14. The number of nitrogens with one attached hydrogen (secondary N) is 1. The Morgan fingerprint density at radius 2 is 1.71 bits per heavy atom. The van der Waals surface area contributed by atoms with Crippen molar-refractivity contribution in [1.29, 1.82) is 0 Å². The quantitative estimate of drug-likeness (QED) is 0.434. The first-order chi connectivity index (χ1) is 15.1. The SMILES string of the molecule is COc1ccccc1NC(=O)C=Cc1cn(-c2ccccc2)nc1-c1ccc(F)cc1. The van der Waals surface area contributed by atoms with Gasteiger partial charge in [0.05, 0.1) is 24.2 Å². The molecule has 0 radical (unpaired) electrons. The van der Waals surface area contributed by atoms with Gasteiger partial charge in [0, 0.05) is 23.4 Å². The Hall–Kier alpha value is -4.19. The van der Waals surface area contributed by atoms with Crippen molar-refractivity contribution in [3.8, 4) is 22.7 Å². The van der Waals surface area contributed by atoms with Crippen LogP contribution in [0, 0.1) is 5.82 Å². The first kappa shape index (κ1) is 20.1. The number of carbonyl (C=O) groups excluding carboxylic acids is 1. The number of anilines is 1. The molecule has 1 heterocycles. The van der Waals surface area contributed by atoms with Gasteiger partial charge in [0.2, 0.25) is 5.91 Å². The van der Waals surface area contributed by atoms with Crippen molar-refractivity contribution < 1.29 is 13.9 Å². The summed E-state index contributed by atoms with van der Waals surface area (Å²) in [6, 6.07) is 22.9. The highest BCUT2D eigenvalue weighted by molar-refractivity contribution is 6.03. The minimum absolute atomic E-state index is 0.304. The van der Waals surface area contributed by atoms with Crippen LogP contribution in [0.5, 0.6) is 5.75 Å². The number of aromatic nitrogens is 2. The molecule has 0 aliphatic rings. The number of rotatable bonds is 6. The van der Waals surface area contributed by atoms with Crippen LogP contribution in [0.2, 0.25) is 0 Å². The molecule has 4 rings (SSSR count). The maximum Gasteiger partial charge on any atom is 0.248 e. The van der Waals surface area contributed by atoms with Gasteiger partial charge in [-0.1, -0.05) is 30.3 Å². The van der Waals surface area contributed by atoms with Crippen LogP contribution in [0.3, 0.4) is 0 Å². The zero-order chi connectivity index (χ0) is 21.6. The summed E-state index contributed by atoms with van der Waals surface area (Å²) in [6.07, 6.45) is 4.96. The molecule has 31 heavy (non-hydrogen) atoms. The van der Waals surface area contributed by atoms with Gasteiger partial charge in [-0.05, 0) is 54.6 Å². The summed E-state index contributed by atoms with van der Waals surface area (Å²) in [5, 5.41) is 7.47. The average Bonchev–Trinajstić information content (AvgIpc) is 3.23. The normalized spacial score (nSPS) is 10.9. The molecule has 4 aromatic rings. The Balaban J connectivity index is 1.65. The number of benzene rings is 3. The van der Waals surface area contributed by atoms with Crippen LogP contribution in [-0.2, 0) is 4.79 Å². The molecule has 154 valence electrons. The third kappa shape index (κ3) is 4.70. The van der Waals surface area contributed by atoms with Gasteiger partial charge in [-0.25, -0.2) is 9.07 Å². The van der Waals surface area contributed by atoms with E-state index in [9.17, 15) is 9.18 Å². The van der Waals surface area contributed by atoms with Crippen molar-refractivity contribution in [1.82, 2.24) is 9.78 Å². The van der Waals surface area contributed by atoms with Crippen molar-refractivity contribution in [2.45, 2.75) is 0 Å². The lowest BCUT2D eigenvalue weighted by atomic mass is 10.1. The molecule has 0 saturated heterocycles. The van der Waals surface area contributed by atoms with Gasteiger partial charge in [0.15, 0.2) is 0 Å². The summed E-state index contributed by atoms with van der Waals surface area (Å²) in [5.41, 5.74) is 3.58. The summed E-state index contributed by atoms with van der Waals surface area (Å²) in [7, 11) is 1.55. The summed E-state index contributed by atoms with van der Waals surface area (Å²) in [4.78, 5) is 12.5. The van der Waals surface area contributed by atoms with Gasteiger partial charge in [-0.2, -0.15) is 5.10 Å². The van der Waals surface area contributed by atoms with Crippen LogP contribution in [0.15, 0.2) is 91.1 Å². The maximum atomic E-state index is 13.4. The Morgan fingerprint density at radius 1 is 1.00 bits per heavy atom. The first-order valence-corrected chi connectivity index (χ1v) is 9.67. The van der Waals surface area contributed by atoms with E-state index in [0.717, 1.165) is 16.8 Å². The highest BCUT2D eigenvalue weighted by Crippen LogP contribution is 2.26. The minimum atomic E-state index is -0.320. The van der Waals surface area contributed by atoms with E-state index in [1.54, 1.807) is 42.1 Å². The summed E-state index contributed by atoms with van der Waals surface area (Å²) in [6.45, 7) is 0. The fraction of sp³-hybridized carbons (Fsp3) is 0.0400. The summed E-state index contributed by atoms with van der Waals surface area (Å²) >= 11 is 0. The topological polar surface area (TPSA) is 56.1 Å². The Bertz CT molecular complexity index is 1220. The van der Waals surface area contributed by atoms with Gasteiger partial charge < -0.3 is 10.1 Å². The molecule has 0 unspecified atom stereocenters. The molecule has 0 aliphatic carbocycles. The number of hydrogen-bond acceptors (Lipinski definition) is 3. The van der Waals surface area contributed by atoms with E-state index in [-0.39, 0.29) is 11.7 Å². The Morgan fingerprint density at radius 3 is 2.45 bits per heavy atom. The van der Waals surface area contributed by atoms with Crippen LogP contribution < -0.4 is 10.1 Å². The van der Waals surface area contributed by atoms with E-state index >= 15 is 0 Å². The van der Waals surface area contributed by atoms with Crippen LogP contribution >= 0.6 is 0 Å². The number of hydrogen-bond donors (Lipinski definition) is 1. The third-order valence-corrected chi connectivity index (χ3v) is 4.66. The molecule has 5 nitrogen and oxygen atoms in total. The fourth-order valence-corrected chi connectivity index (χ4v) is 3.14. The summed E-state index contributed by atoms with van der Waals surface area (Å²) in [5.74, 6) is -0.0466. The van der Waals surface area contributed by atoms with Gasteiger partial charge in [-0.3, -0.25) is 4.79 Å². The van der Waals surface area contributed by atoms with Gasteiger partial charge >= 0.3 is 0 Å². The van der Waals surface area contributed by atoms with Crippen molar-refractivity contribution in [3.63, 3.8) is 0 Å². The predicted molar refractivity (Wildman–Crippen MR) is 120 cm³/mol. The molecule has 0 spiro atoms. The standard InChI is InChI=1S/C25H20FN3O2/c1-31-23-10-6-5-9-22(23)27-24(30)16-13-19-17-29(21-7-3-2-4-8-21)28-25(19)18-11-14-20(26)15-12-18/h2-17H,1H3,(H,27,30). The molecule has 0 saturated carbocycles. The Labute approximate surface area is 179 Å². The number of methoxy groups -OCH3 is 1. The number of nitrogens with zero attached hydrogens (tertiary/aromatic N) is 2. The van der Waals surface area contributed by atoms with Crippen LogP contribution in [0.4, 0.5) is 10.1 Å². The molecular formula is C25H20FN3O2. The average molecular weight is 413 g/mol. The lowest BCUT2D eigenvalue weighted by Crippen LogP contribution is -2.08. The van der Waals surface area contributed by atoms with Crippen molar-refractivity contribution >= 4 is 17.7 Å². The van der Waals surface area contributed by atoms with E-state index in [0.29, 0.717) is 17.1 Å². The number of halogens is 1. The lowest BCUT2D eigenvalue weighted by molar-refractivity contribution is -0.111. The van der Waals surface area contributed by atoms with Crippen molar-refractivity contribution in [3.05, 3.63) is 103 Å². The van der Waals surface area contributed by atoms with Crippen LogP contribution in [0.1, 0.15) is 5.56 Å². The highest BCUT2D eigenvalue weighted by Gasteiger charge is 2.11. The van der Waals surface area contributed by atoms with Gasteiger partial charge in [-0.15, -0.1) is 0 Å². The molecule has 1 aromatic heterocycles. The number of amides is 1. The van der Waals surface area contributed by atoms with E-state index in [4.69, 9.17) is 4.74 Å². The molecule has 3 aromatic carbocycles. The highest BCUT2D eigenvalue weighted by atomic mass is 19.1. The molecular weight excluding hydrogens is 393 g/mol. The first-order valence-electron chi connectivity index (χ1n) is 9.67. The second-order valence-electron chi connectivity index (χ2n) is 6.74. The number of carbonyl (C=O) groups is 1. The predicted octanol–water partition coefficient (Wildman–Crippen LogP) is 5.34. The van der Waals surface area contributed by atoms with E-state index in [2.05, 4.69) is 10.4 Å².